The van der Waals surface area contributed by atoms with Gasteiger partial charge in [-0.1, -0.05) is 64.5 Å². The van der Waals surface area contributed by atoms with E-state index in [9.17, 15) is 4.79 Å². The highest BCUT2D eigenvalue weighted by molar-refractivity contribution is 9.10. The molecule has 4 nitrogen and oxygen atoms in total. The lowest BCUT2D eigenvalue weighted by Gasteiger charge is -2.05. The second kappa shape index (κ2) is 5.38. The van der Waals surface area contributed by atoms with Gasteiger partial charge in [-0.3, -0.25) is 4.98 Å². The lowest BCUT2D eigenvalue weighted by Crippen LogP contribution is -2.14. The molecule has 3 rings (SSSR count). The van der Waals surface area contributed by atoms with Crippen LogP contribution in [0.1, 0.15) is 0 Å². The summed E-state index contributed by atoms with van der Waals surface area (Å²) in [4.78, 5) is 22.8. The second-order valence-electron chi connectivity index (χ2n) is 4.17. The van der Waals surface area contributed by atoms with E-state index in [1.807, 2.05) is 54.6 Å². The van der Waals surface area contributed by atoms with Crippen molar-refractivity contribution >= 4 is 15.9 Å². The molecule has 1 N–H and O–H groups in total. The van der Waals surface area contributed by atoms with Crippen LogP contribution in [0.2, 0.25) is 0 Å². The van der Waals surface area contributed by atoms with Gasteiger partial charge in [0.25, 0.3) is 0 Å². The Balaban J connectivity index is 2.18. The fourth-order valence-electron chi connectivity index (χ4n) is 1.88. The van der Waals surface area contributed by atoms with Gasteiger partial charge in [-0.2, -0.15) is 4.98 Å². The van der Waals surface area contributed by atoms with E-state index >= 15 is 0 Å². The van der Waals surface area contributed by atoms with Crippen molar-refractivity contribution in [3.63, 3.8) is 0 Å². The Labute approximate surface area is 123 Å². The van der Waals surface area contributed by atoms with Crippen molar-refractivity contribution in [1.29, 1.82) is 0 Å². The molecule has 0 fully saturated rings. The third-order valence-electron chi connectivity index (χ3n) is 2.81. The summed E-state index contributed by atoms with van der Waals surface area (Å²) in [5.41, 5.74) is 1.22. The molecule has 1 heterocycles. The monoisotopic (exact) mass is 327 g/mol. The first kappa shape index (κ1) is 12.7. The summed E-state index contributed by atoms with van der Waals surface area (Å²) in [6.45, 7) is 0. The number of nitrogens with zero attached hydrogens (tertiary/aromatic N) is 2. The van der Waals surface area contributed by atoms with E-state index in [1.165, 1.54) is 0 Å². The number of hydrogen-bond acceptors (Lipinski definition) is 3. The predicted octanol–water partition coefficient (Wildman–Crippen LogP) is 3.26. The van der Waals surface area contributed by atoms with Gasteiger partial charge in [0.1, 0.15) is 5.82 Å². The Morgan fingerprint density at radius 3 is 2.35 bits per heavy atom. The second-order valence-corrected chi connectivity index (χ2v) is 5.03. The molecule has 0 saturated carbocycles. The first-order valence-electron chi connectivity index (χ1n) is 6.03. The SMILES string of the molecule is O=c1nc(-c2ccccc2)nc(-c2ccccc2Br)[nH]1. The van der Waals surface area contributed by atoms with Crippen molar-refractivity contribution in [2.45, 2.75) is 0 Å². The Hall–Kier alpha value is -2.27. The minimum atomic E-state index is -0.412. The number of halogens is 1. The van der Waals surface area contributed by atoms with E-state index in [0.29, 0.717) is 11.6 Å². The van der Waals surface area contributed by atoms with E-state index in [-0.39, 0.29) is 0 Å². The molecule has 0 bridgehead atoms. The number of rotatable bonds is 2. The molecule has 0 amide bonds. The van der Waals surface area contributed by atoms with Gasteiger partial charge in [-0.05, 0) is 6.07 Å². The Kier molecular flexibility index (Phi) is 3.43. The van der Waals surface area contributed by atoms with E-state index < -0.39 is 5.69 Å². The summed E-state index contributed by atoms with van der Waals surface area (Å²) in [6.07, 6.45) is 0. The normalized spacial score (nSPS) is 10.4. The zero-order valence-electron chi connectivity index (χ0n) is 10.4. The third kappa shape index (κ3) is 2.53. The number of aromatic amines is 1. The number of hydrogen-bond donors (Lipinski definition) is 1. The average Bonchev–Trinajstić information content (AvgIpc) is 2.48. The molecule has 0 radical (unpaired) electrons. The van der Waals surface area contributed by atoms with Crippen LogP contribution in [0.3, 0.4) is 0 Å². The molecule has 98 valence electrons. The van der Waals surface area contributed by atoms with Gasteiger partial charge in [-0.25, -0.2) is 9.78 Å². The van der Waals surface area contributed by atoms with Crippen LogP contribution < -0.4 is 5.69 Å². The third-order valence-corrected chi connectivity index (χ3v) is 3.50. The van der Waals surface area contributed by atoms with Crippen LogP contribution in [0.25, 0.3) is 22.8 Å². The number of benzene rings is 2. The predicted molar refractivity (Wildman–Crippen MR) is 81.2 cm³/mol. The minimum Gasteiger partial charge on any atom is -0.290 e. The molecule has 2 aromatic carbocycles. The van der Waals surface area contributed by atoms with Gasteiger partial charge < -0.3 is 0 Å². The van der Waals surface area contributed by atoms with Gasteiger partial charge >= 0.3 is 5.69 Å². The summed E-state index contributed by atoms with van der Waals surface area (Å²) >= 11 is 3.46. The number of H-pyrrole nitrogens is 1. The summed E-state index contributed by atoms with van der Waals surface area (Å²) in [5.74, 6) is 0.913. The number of aromatic nitrogens is 3. The molecule has 0 aliphatic rings. The first-order chi connectivity index (χ1) is 9.74. The maximum absolute atomic E-state index is 11.7. The van der Waals surface area contributed by atoms with Crippen molar-refractivity contribution in [2.24, 2.45) is 0 Å². The maximum atomic E-state index is 11.7. The van der Waals surface area contributed by atoms with Gasteiger partial charge in [0, 0.05) is 15.6 Å². The smallest absolute Gasteiger partial charge is 0.290 e. The van der Waals surface area contributed by atoms with E-state index in [0.717, 1.165) is 15.6 Å². The lowest BCUT2D eigenvalue weighted by molar-refractivity contribution is 1.00. The van der Waals surface area contributed by atoms with Crippen LogP contribution in [0, 0.1) is 0 Å². The molecule has 0 spiro atoms. The number of nitrogens with one attached hydrogen (secondary N) is 1. The molecule has 0 aliphatic heterocycles. The zero-order chi connectivity index (χ0) is 13.9. The van der Waals surface area contributed by atoms with Crippen LogP contribution >= 0.6 is 15.9 Å². The Morgan fingerprint density at radius 2 is 1.60 bits per heavy atom. The molecule has 3 aromatic rings. The summed E-state index contributed by atoms with van der Waals surface area (Å²) in [5, 5.41) is 0. The van der Waals surface area contributed by atoms with Gasteiger partial charge in [-0.15, -0.1) is 0 Å². The molecular formula is C15H10BrN3O. The molecule has 20 heavy (non-hydrogen) atoms. The quantitative estimate of drug-likeness (QED) is 0.785. The topological polar surface area (TPSA) is 58.6 Å². The fourth-order valence-corrected chi connectivity index (χ4v) is 2.35. The van der Waals surface area contributed by atoms with Crippen molar-refractivity contribution in [3.05, 3.63) is 69.6 Å². The van der Waals surface area contributed by atoms with E-state index in [2.05, 4.69) is 30.9 Å². The standard InChI is InChI=1S/C15H10BrN3O/c16-12-9-5-4-8-11(12)14-17-13(18-15(20)19-14)10-6-2-1-3-7-10/h1-9H,(H,17,18,19,20). The highest BCUT2D eigenvalue weighted by Gasteiger charge is 2.09. The average molecular weight is 328 g/mol. The summed E-state index contributed by atoms with van der Waals surface area (Å²) in [6, 6.07) is 17.0. The first-order valence-corrected chi connectivity index (χ1v) is 6.82. The Morgan fingerprint density at radius 1 is 0.900 bits per heavy atom. The summed E-state index contributed by atoms with van der Waals surface area (Å²) < 4.78 is 0.869. The van der Waals surface area contributed by atoms with Crippen molar-refractivity contribution in [2.75, 3.05) is 0 Å². The lowest BCUT2D eigenvalue weighted by atomic mass is 10.2. The molecular weight excluding hydrogens is 318 g/mol. The minimum absolute atomic E-state index is 0.412. The molecule has 0 unspecified atom stereocenters. The maximum Gasteiger partial charge on any atom is 0.348 e. The van der Waals surface area contributed by atoms with Crippen LogP contribution in [-0.4, -0.2) is 15.0 Å². The van der Waals surface area contributed by atoms with Crippen molar-refractivity contribution in [3.8, 4) is 22.8 Å². The van der Waals surface area contributed by atoms with Gasteiger partial charge in [0.15, 0.2) is 5.82 Å². The largest absolute Gasteiger partial charge is 0.348 e. The molecule has 0 atom stereocenters. The molecule has 0 saturated heterocycles. The highest BCUT2D eigenvalue weighted by Crippen LogP contribution is 2.25. The van der Waals surface area contributed by atoms with Crippen molar-refractivity contribution < 1.29 is 0 Å². The van der Waals surface area contributed by atoms with Crippen LogP contribution in [0.4, 0.5) is 0 Å². The van der Waals surface area contributed by atoms with E-state index in [4.69, 9.17) is 0 Å². The van der Waals surface area contributed by atoms with Gasteiger partial charge in [0.2, 0.25) is 0 Å². The van der Waals surface area contributed by atoms with E-state index in [1.54, 1.807) is 0 Å². The molecule has 1 aromatic heterocycles. The van der Waals surface area contributed by atoms with Crippen LogP contribution in [0.15, 0.2) is 63.9 Å². The van der Waals surface area contributed by atoms with Crippen LogP contribution in [-0.2, 0) is 0 Å². The fraction of sp³-hybridized carbons (Fsp3) is 0. The van der Waals surface area contributed by atoms with Crippen molar-refractivity contribution in [1.82, 2.24) is 15.0 Å². The van der Waals surface area contributed by atoms with Crippen LogP contribution in [0.5, 0.6) is 0 Å². The molecule has 0 aliphatic carbocycles. The highest BCUT2D eigenvalue weighted by atomic mass is 79.9. The molecule has 5 heteroatoms. The van der Waals surface area contributed by atoms with Gasteiger partial charge in [0.05, 0.1) is 0 Å². The zero-order valence-corrected chi connectivity index (χ0v) is 12.0. The summed E-state index contributed by atoms with van der Waals surface area (Å²) in [7, 11) is 0. The Bertz CT molecular complexity index is 799.